The van der Waals surface area contributed by atoms with Crippen LogP contribution in [0.5, 0.6) is 0 Å². The lowest BCUT2D eigenvalue weighted by atomic mass is 9.79. The van der Waals surface area contributed by atoms with Gasteiger partial charge in [-0.25, -0.2) is 4.39 Å². The van der Waals surface area contributed by atoms with E-state index in [0.717, 1.165) is 18.4 Å². The summed E-state index contributed by atoms with van der Waals surface area (Å²) in [6.07, 6.45) is 1.95. The fourth-order valence-electron chi connectivity index (χ4n) is 2.48. The lowest BCUT2D eigenvalue weighted by Crippen LogP contribution is -2.33. The third kappa shape index (κ3) is 1.90. The van der Waals surface area contributed by atoms with Gasteiger partial charge < -0.3 is 10.8 Å². The van der Waals surface area contributed by atoms with Gasteiger partial charge in [-0.3, -0.25) is 0 Å². The summed E-state index contributed by atoms with van der Waals surface area (Å²) in [5.41, 5.74) is 6.48. The zero-order chi connectivity index (χ0) is 10.9. The van der Waals surface area contributed by atoms with Crippen LogP contribution >= 0.6 is 0 Å². The van der Waals surface area contributed by atoms with Crippen LogP contribution in [-0.4, -0.2) is 17.8 Å². The molecule has 0 heterocycles. The minimum Gasteiger partial charge on any atom is -0.393 e. The zero-order valence-electron chi connectivity index (χ0n) is 8.62. The van der Waals surface area contributed by atoms with Gasteiger partial charge in [0.05, 0.1) is 6.10 Å². The highest BCUT2D eigenvalue weighted by atomic mass is 19.1. The summed E-state index contributed by atoms with van der Waals surface area (Å²) in [6, 6.07) is 6.56. The predicted octanol–water partition coefficient (Wildman–Crippen LogP) is 1.57. The van der Waals surface area contributed by atoms with Crippen LogP contribution in [0, 0.1) is 5.82 Å². The van der Waals surface area contributed by atoms with Crippen LogP contribution in [0.1, 0.15) is 24.8 Å². The maximum absolute atomic E-state index is 13.1. The van der Waals surface area contributed by atoms with Gasteiger partial charge in [-0.1, -0.05) is 12.1 Å². The van der Waals surface area contributed by atoms with Gasteiger partial charge in [-0.15, -0.1) is 0 Å². The standard InChI is InChI=1S/C12H16FNO/c13-10-3-1-2-9(6-10)12(8-14)5-4-11(15)7-12/h1-3,6,11,15H,4-5,7-8,14H2. The van der Waals surface area contributed by atoms with Crippen LogP contribution in [0.25, 0.3) is 0 Å². The largest absolute Gasteiger partial charge is 0.393 e. The molecule has 2 rings (SSSR count). The Labute approximate surface area is 88.9 Å². The molecule has 1 saturated carbocycles. The molecule has 3 N–H and O–H groups in total. The molecule has 0 saturated heterocycles. The summed E-state index contributed by atoms with van der Waals surface area (Å²) < 4.78 is 13.1. The van der Waals surface area contributed by atoms with E-state index in [9.17, 15) is 9.50 Å². The first-order valence-corrected chi connectivity index (χ1v) is 5.30. The topological polar surface area (TPSA) is 46.2 Å². The molecule has 82 valence electrons. The van der Waals surface area contributed by atoms with Crippen molar-refractivity contribution in [3.63, 3.8) is 0 Å². The van der Waals surface area contributed by atoms with Crippen LogP contribution in [-0.2, 0) is 5.41 Å². The maximum atomic E-state index is 13.1. The van der Waals surface area contributed by atoms with Gasteiger partial charge in [0, 0.05) is 12.0 Å². The van der Waals surface area contributed by atoms with Crippen LogP contribution in [0.3, 0.4) is 0 Å². The van der Waals surface area contributed by atoms with Crippen molar-refractivity contribution in [2.45, 2.75) is 30.8 Å². The number of hydrogen-bond donors (Lipinski definition) is 2. The second kappa shape index (κ2) is 3.91. The molecule has 1 aromatic carbocycles. The monoisotopic (exact) mass is 209 g/mol. The van der Waals surface area contributed by atoms with Crippen molar-refractivity contribution in [3.05, 3.63) is 35.6 Å². The second-order valence-electron chi connectivity index (χ2n) is 4.39. The van der Waals surface area contributed by atoms with Gasteiger partial charge in [-0.05, 0) is 37.0 Å². The molecule has 0 aromatic heterocycles. The van der Waals surface area contributed by atoms with Crippen molar-refractivity contribution >= 4 is 0 Å². The van der Waals surface area contributed by atoms with E-state index in [2.05, 4.69) is 0 Å². The van der Waals surface area contributed by atoms with E-state index in [-0.39, 0.29) is 17.3 Å². The van der Waals surface area contributed by atoms with Crippen molar-refractivity contribution in [1.29, 1.82) is 0 Å². The van der Waals surface area contributed by atoms with Crippen molar-refractivity contribution in [2.24, 2.45) is 5.73 Å². The molecule has 3 heteroatoms. The molecule has 1 aromatic rings. The zero-order valence-corrected chi connectivity index (χ0v) is 8.62. The average molecular weight is 209 g/mol. The Morgan fingerprint density at radius 2 is 2.33 bits per heavy atom. The molecule has 1 aliphatic carbocycles. The summed E-state index contributed by atoms with van der Waals surface area (Å²) in [7, 11) is 0. The fraction of sp³-hybridized carbons (Fsp3) is 0.500. The Morgan fingerprint density at radius 1 is 1.53 bits per heavy atom. The molecule has 0 aliphatic heterocycles. The third-order valence-corrected chi connectivity index (χ3v) is 3.41. The number of aliphatic hydroxyl groups excluding tert-OH is 1. The summed E-state index contributed by atoms with van der Waals surface area (Å²) >= 11 is 0. The highest BCUT2D eigenvalue weighted by molar-refractivity contribution is 5.28. The number of halogens is 1. The summed E-state index contributed by atoms with van der Waals surface area (Å²) in [5.74, 6) is -0.235. The lowest BCUT2D eigenvalue weighted by Gasteiger charge is -2.27. The molecule has 0 spiro atoms. The van der Waals surface area contributed by atoms with Crippen molar-refractivity contribution in [3.8, 4) is 0 Å². The van der Waals surface area contributed by atoms with E-state index in [1.54, 1.807) is 6.07 Å². The molecule has 1 fully saturated rings. The quantitative estimate of drug-likeness (QED) is 0.776. The fourth-order valence-corrected chi connectivity index (χ4v) is 2.48. The first-order chi connectivity index (χ1) is 7.16. The normalized spacial score (nSPS) is 30.7. The molecule has 15 heavy (non-hydrogen) atoms. The molecular weight excluding hydrogens is 193 g/mol. The minimum atomic E-state index is -0.295. The highest BCUT2D eigenvalue weighted by Crippen LogP contribution is 2.40. The summed E-state index contributed by atoms with van der Waals surface area (Å²) in [4.78, 5) is 0. The van der Waals surface area contributed by atoms with E-state index in [4.69, 9.17) is 5.73 Å². The Bertz CT molecular complexity index is 355. The Hall–Kier alpha value is -0.930. The van der Waals surface area contributed by atoms with Crippen LogP contribution < -0.4 is 5.73 Å². The average Bonchev–Trinajstić information content (AvgIpc) is 2.61. The molecule has 0 amide bonds. The number of benzene rings is 1. The van der Waals surface area contributed by atoms with Gasteiger partial charge in [0.2, 0.25) is 0 Å². The summed E-state index contributed by atoms with van der Waals surface area (Å²) in [5, 5.41) is 9.58. The number of nitrogens with two attached hydrogens (primary N) is 1. The maximum Gasteiger partial charge on any atom is 0.123 e. The van der Waals surface area contributed by atoms with Gasteiger partial charge in [0.1, 0.15) is 5.82 Å². The van der Waals surface area contributed by atoms with Gasteiger partial charge in [0.25, 0.3) is 0 Å². The Morgan fingerprint density at radius 3 is 2.87 bits per heavy atom. The van der Waals surface area contributed by atoms with Crippen LogP contribution in [0.2, 0.25) is 0 Å². The predicted molar refractivity (Wildman–Crippen MR) is 57.0 cm³/mol. The number of hydrogen-bond acceptors (Lipinski definition) is 2. The van der Waals surface area contributed by atoms with E-state index >= 15 is 0 Å². The first kappa shape index (κ1) is 10.6. The first-order valence-electron chi connectivity index (χ1n) is 5.30. The van der Waals surface area contributed by atoms with E-state index in [0.29, 0.717) is 13.0 Å². The molecule has 0 radical (unpaired) electrons. The van der Waals surface area contributed by atoms with Crippen molar-refractivity contribution < 1.29 is 9.50 Å². The number of aliphatic hydroxyl groups is 1. The number of rotatable bonds is 2. The Balaban J connectivity index is 2.34. The molecular formula is C12H16FNO. The van der Waals surface area contributed by atoms with Crippen molar-refractivity contribution in [1.82, 2.24) is 0 Å². The third-order valence-electron chi connectivity index (χ3n) is 3.41. The molecule has 0 bridgehead atoms. The van der Waals surface area contributed by atoms with Crippen LogP contribution in [0.4, 0.5) is 4.39 Å². The summed E-state index contributed by atoms with van der Waals surface area (Å²) in [6.45, 7) is 0.466. The molecule has 2 atom stereocenters. The van der Waals surface area contributed by atoms with Gasteiger partial charge >= 0.3 is 0 Å². The highest BCUT2D eigenvalue weighted by Gasteiger charge is 2.38. The smallest absolute Gasteiger partial charge is 0.123 e. The molecule has 2 unspecified atom stereocenters. The van der Waals surface area contributed by atoms with E-state index < -0.39 is 0 Å². The van der Waals surface area contributed by atoms with Gasteiger partial charge in [0.15, 0.2) is 0 Å². The van der Waals surface area contributed by atoms with E-state index in [1.807, 2.05) is 6.07 Å². The van der Waals surface area contributed by atoms with E-state index in [1.165, 1.54) is 12.1 Å². The van der Waals surface area contributed by atoms with Gasteiger partial charge in [-0.2, -0.15) is 0 Å². The Kier molecular flexibility index (Phi) is 2.76. The minimum absolute atomic E-state index is 0.221. The second-order valence-corrected chi connectivity index (χ2v) is 4.39. The lowest BCUT2D eigenvalue weighted by molar-refractivity contribution is 0.174. The SMILES string of the molecule is NCC1(c2cccc(F)c2)CCC(O)C1. The molecule has 2 nitrogen and oxygen atoms in total. The van der Waals surface area contributed by atoms with Crippen LogP contribution in [0.15, 0.2) is 24.3 Å². The van der Waals surface area contributed by atoms with Crippen molar-refractivity contribution in [2.75, 3.05) is 6.54 Å². The molecule has 1 aliphatic rings.